The van der Waals surface area contributed by atoms with Crippen molar-refractivity contribution in [1.82, 2.24) is 5.32 Å². The summed E-state index contributed by atoms with van der Waals surface area (Å²) in [5, 5.41) is 6.39. The largest absolute Gasteiger partial charge is 0.385 e. The number of aryl methyl sites for hydroxylation is 1. The molecule has 2 aromatic rings. The van der Waals surface area contributed by atoms with Crippen LogP contribution in [0.2, 0.25) is 5.02 Å². The van der Waals surface area contributed by atoms with Crippen LogP contribution in [-0.2, 0) is 15.3 Å². The smallest absolute Gasteiger partial charge is 0.255 e. The average Bonchev–Trinajstić information content (AvgIpc) is 2.68. The third-order valence-electron chi connectivity index (χ3n) is 3.98. The number of halogens is 1. The lowest BCUT2D eigenvalue weighted by Gasteiger charge is -2.08. The van der Waals surface area contributed by atoms with Crippen molar-refractivity contribution < 1.29 is 14.3 Å². The van der Waals surface area contributed by atoms with Gasteiger partial charge in [-0.3, -0.25) is 9.59 Å². The Morgan fingerprint density at radius 3 is 2.57 bits per heavy atom. The number of amides is 2. The van der Waals surface area contributed by atoms with Crippen LogP contribution >= 0.6 is 23.4 Å². The van der Waals surface area contributed by atoms with Gasteiger partial charge in [-0.1, -0.05) is 23.7 Å². The molecule has 2 aromatic carbocycles. The van der Waals surface area contributed by atoms with Gasteiger partial charge in [0.05, 0.1) is 5.75 Å². The summed E-state index contributed by atoms with van der Waals surface area (Å²) in [6.07, 6.45) is 0.812. The molecule has 0 aromatic heterocycles. The minimum atomic E-state index is -0.170. The van der Waals surface area contributed by atoms with Crippen molar-refractivity contribution in [2.45, 2.75) is 19.1 Å². The van der Waals surface area contributed by atoms with E-state index in [0.717, 1.165) is 17.5 Å². The first-order valence-electron chi connectivity index (χ1n) is 8.99. The molecule has 2 amide bonds. The monoisotopic (exact) mass is 420 g/mol. The van der Waals surface area contributed by atoms with Gasteiger partial charge in [0.15, 0.2) is 0 Å². The number of hydrogen-bond acceptors (Lipinski definition) is 4. The summed E-state index contributed by atoms with van der Waals surface area (Å²) in [5.74, 6) is 0.973. The third kappa shape index (κ3) is 7.54. The summed E-state index contributed by atoms with van der Waals surface area (Å²) in [6.45, 7) is 3.17. The van der Waals surface area contributed by atoms with Gasteiger partial charge in [0.2, 0.25) is 5.91 Å². The van der Waals surface area contributed by atoms with Crippen molar-refractivity contribution in [3.8, 4) is 0 Å². The molecule has 0 radical (unpaired) electrons. The number of carbonyl (C=O) groups excluding carboxylic acids is 2. The van der Waals surface area contributed by atoms with Gasteiger partial charge >= 0.3 is 0 Å². The number of benzene rings is 2. The molecule has 0 bridgehead atoms. The summed E-state index contributed by atoms with van der Waals surface area (Å²) in [5.41, 5.74) is 3.27. The predicted molar refractivity (Wildman–Crippen MR) is 116 cm³/mol. The maximum absolute atomic E-state index is 12.4. The Balaban J connectivity index is 1.77. The number of anilines is 1. The fourth-order valence-electron chi connectivity index (χ4n) is 2.43. The normalized spacial score (nSPS) is 10.5. The minimum absolute atomic E-state index is 0.0235. The van der Waals surface area contributed by atoms with Crippen molar-refractivity contribution in [3.05, 3.63) is 64.2 Å². The lowest BCUT2D eigenvalue weighted by molar-refractivity contribution is -0.118. The average molecular weight is 421 g/mol. The van der Waals surface area contributed by atoms with Crippen LogP contribution in [0.1, 0.15) is 27.9 Å². The molecule has 28 heavy (non-hydrogen) atoms. The molecule has 150 valence electrons. The lowest BCUT2D eigenvalue weighted by atomic mass is 10.1. The maximum Gasteiger partial charge on any atom is 0.255 e. The number of hydrogen-bond donors (Lipinski definition) is 2. The molecule has 0 heterocycles. The SMILES string of the molecule is COCCCNC(=O)CSCc1ccc(C(=O)Nc2ccc(Cl)c(C)c2)cc1. The predicted octanol–water partition coefficient (Wildman–Crippen LogP) is 4.29. The number of nitrogens with one attached hydrogen (secondary N) is 2. The van der Waals surface area contributed by atoms with E-state index in [9.17, 15) is 9.59 Å². The summed E-state index contributed by atoms with van der Waals surface area (Å²) in [7, 11) is 1.64. The lowest BCUT2D eigenvalue weighted by Crippen LogP contribution is -2.26. The van der Waals surface area contributed by atoms with Crippen LogP contribution in [0.4, 0.5) is 5.69 Å². The van der Waals surface area contributed by atoms with Gasteiger partial charge in [-0.15, -0.1) is 11.8 Å². The molecule has 0 spiro atoms. The van der Waals surface area contributed by atoms with Crippen molar-refractivity contribution in [1.29, 1.82) is 0 Å². The molecule has 0 saturated carbocycles. The molecule has 2 rings (SSSR count). The fraction of sp³-hybridized carbons (Fsp3) is 0.333. The number of methoxy groups -OCH3 is 1. The zero-order chi connectivity index (χ0) is 20.4. The van der Waals surface area contributed by atoms with Crippen LogP contribution in [0.15, 0.2) is 42.5 Å². The molecule has 7 heteroatoms. The van der Waals surface area contributed by atoms with Crippen LogP contribution in [0.3, 0.4) is 0 Å². The Kier molecular flexibility index (Phi) is 9.34. The second-order valence-corrected chi connectivity index (χ2v) is 7.70. The van der Waals surface area contributed by atoms with E-state index >= 15 is 0 Å². The second kappa shape index (κ2) is 11.7. The van der Waals surface area contributed by atoms with Gasteiger partial charge in [-0.25, -0.2) is 0 Å². The molecule has 0 aliphatic carbocycles. The Morgan fingerprint density at radius 2 is 1.89 bits per heavy atom. The molecule has 2 N–H and O–H groups in total. The Labute approximate surface area is 175 Å². The van der Waals surface area contributed by atoms with Gasteiger partial charge in [0, 0.05) is 42.3 Å². The van der Waals surface area contributed by atoms with Crippen molar-refractivity contribution >= 4 is 40.9 Å². The van der Waals surface area contributed by atoms with E-state index in [1.165, 1.54) is 0 Å². The Hall–Kier alpha value is -2.02. The van der Waals surface area contributed by atoms with E-state index < -0.39 is 0 Å². The maximum atomic E-state index is 12.4. The number of rotatable bonds is 10. The van der Waals surface area contributed by atoms with E-state index in [-0.39, 0.29) is 11.8 Å². The summed E-state index contributed by atoms with van der Waals surface area (Å²) < 4.78 is 4.94. The molecule has 5 nitrogen and oxygen atoms in total. The van der Waals surface area contributed by atoms with E-state index in [1.54, 1.807) is 43.1 Å². The second-order valence-electron chi connectivity index (χ2n) is 6.30. The first kappa shape index (κ1) is 22.3. The van der Waals surface area contributed by atoms with Gasteiger partial charge in [-0.2, -0.15) is 0 Å². The standard InChI is InChI=1S/C21H25ClN2O3S/c1-15-12-18(8-9-19(15)22)24-21(26)17-6-4-16(5-7-17)13-28-14-20(25)23-10-3-11-27-2/h4-9,12H,3,10-11,13-14H2,1-2H3,(H,23,25)(H,24,26). The number of carbonyl (C=O) groups is 2. The third-order valence-corrected chi connectivity index (χ3v) is 5.41. The molecule has 0 fully saturated rings. The highest BCUT2D eigenvalue weighted by atomic mass is 35.5. The molecule has 0 aliphatic heterocycles. The topological polar surface area (TPSA) is 67.4 Å². The number of ether oxygens (including phenoxy) is 1. The quantitative estimate of drug-likeness (QED) is 0.563. The summed E-state index contributed by atoms with van der Waals surface area (Å²) in [6, 6.07) is 12.8. The van der Waals surface area contributed by atoms with Crippen LogP contribution in [0.25, 0.3) is 0 Å². The van der Waals surface area contributed by atoms with E-state index in [1.807, 2.05) is 25.1 Å². The highest BCUT2D eigenvalue weighted by Gasteiger charge is 2.08. The molecule has 0 saturated heterocycles. The zero-order valence-electron chi connectivity index (χ0n) is 16.1. The van der Waals surface area contributed by atoms with Crippen LogP contribution in [0, 0.1) is 6.92 Å². The summed E-state index contributed by atoms with van der Waals surface area (Å²) >= 11 is 7.55. The Morgan fingerprint density at radius 1 is 1.14 bits per heavy atom. The van der Waals surface area contributed by atoms with Gasteiger partial charge < -0.3 is 15.4 Å². The van der Waals surface area contributed by atoms with E-state index in [0.29, 0.717) is 40.9 Å². The first-order chi connectivity index (χ1) is 13.5. The molecular formula is C21H25ClN2O3S. The summed E-state index contributed by atoms with van der Waals surface area (Å²) in [4.78, 5) is 24.1. The molecule has 0 atom stereocenters. The molecule has 0 aliphatic rings. The van der Waals surface area contributed by atoms with Crippen molar-refractivity contribution in [2.75, 3.05) is 31.3 Å². The van der Waals surface area contributed by atoms with Crippen LogP contribution < -0.4 is 10.6 Å². The van der Waals surface area contributed by atoms with E-state index in [2.05, 4.69) is 10.6 Å². The first-order valence-corrected chi connectivity index (χ1v) is 10.5. The fourth-order valence-corrected chi connectivity index (χ4v) is 3.37. The van der Waals surface area contributed by atoms with Crippen LogP contribution in [-0.4, -0.2) is 37.8 Å². The van der Waals surface area contributed by atoms with Gasteiger partial charge in [0.25, 0.3) is 5.91 Å². The van der Waals surface area contributed by atoms with Crippen molar-refractivity contribution in [3.63, 3.8) is 0 Å². The number of thioether (sulfide) groups is 1. The molecule has 0 unspecified atom stereocenters. The highest BCUT2D eigenvalue weighted by Crippen LogP contribution is 2.20. The molecular weight excluding hydrogens is 396 g/mol. The highest BCUT2D eigenvalue weighted by molar-refractivity contribution is 7.99. The van der Waals surface area contributed by atoms with E-state index in [4.69, 9.17) is 16.3 Å². The zero-order valence-corrected chi connectivity index (χ0v) is 17.7. The van der Waals surface area contributed by atoms with Gasteiger partial charge in [-0.05, 0) is 54.8 Å². The minimum Gasteiger partial charge on any atom is -0.385 e. The van der Waals surface area contributed by atoms with Crippen molar-refractivity contribution in [2.24, 2.45) is 0 Å². The van der Waals surface area contributed by atoms with Gasteiger partial charge in [0.1, 0.15) is 0 Å². The van der Waals surface area contributed by atoms with Crippen LogP contribution in [0.5, 0.6) is 0 Å². The Bertz CT molecular complexity index is 797.